The first-order valence-corrected chi connectivity index (χ1v) is 6.98. The predicted octanol–water partition coefficient (Wildman–Crippen LogP) is 5.24. The zero-order chi connectivity index (χ0) is 12.8. The molecule has 0 radical (unpaired) electrons. The number of aliphatic hydroxyl groups excluding tert-OH is 1. The van der Waals surface area contributed by atoms with Crippen molar-refractivity contribution in [2.24, 2.45) is 5.92 Å². The molecule has 0 spiro atoms. The van der Waals surface area contributed by atoms with Gasteiger partial charge in [0.15, 0.2) is 0 Å². The third kappa shape index (κ3) is 4.17. The van der Waals surface area contributed by atoms with Crippen molar-refractivity contribution >= 4 is 23.2 Å². The van der Waals surface area contributed by atoms with Crippen LogP contribution in [0.25, 0.3) is 0 Å². The normalized spacial score (nSPS) is 13.1. The molecule has 17 heavy (non-hydrogen) atoms. The zero-order valence-corrected chi connectivity index (χ0v) is 11.9. The average molecular weight is 275 g/mol. The molecule has 0 aliphatic carbocycles. The molecule has 1 aromatic carbocycles. The molecular formula is C14H20Cl2O. The molecule has 0 saturated heterocycles. The lowest BCUT2D eigenvalue weighted by atomic mass is 9.88. The van der Waals surface area contributed by atoms with Crippen LogP contribution in [0.15, 0.2) is 18.2 Å². The summed E-state index contributed by atoms with van der Waals surface area (Å²) in [5.41, 5.74) is 0.794. The van der Waals surface area contributed by atoms with Gasteiger partial charge in [-0.2, -0.15) is 0 Å². The Morgan fingerprint density at radius 3 is 2.18 bits per heavy atom. The minimum atomic E-state index is -0.486. The van der Waals surface area contributed by atoms with Crippen molar-refractivity contribution in [3.05, 3.63) is 33.8 Å². The fourth-order valence-corrected chi connectivity index (χ4v) is 2.72. The quantitative estimate of drug-likeness (QED) is 0.752. The molecule has 1 N–H and O–H groups in total. The van der Waals surface area contributed by atoms with Crippen molar-refractivity contribution in [1.29, 1.82) is 0 Å². The molecular weight excluding hydrogens is 255 g/mol. The third-order valence-corrected chi connectivity index (χ3v) is 3.61. The SMILES string of the molecule is CCCC(CCC)C(O)c1ccc(Cl)cc1Cl. The molecule has 1 nitrogen and oxygen atoms in total. The van der Waals surface area contributed by atoms with Crippen LogP contribution >= 0.6 is 23.2 Å². The molecule has 1 atom stereocenters. The number of hydrogen-bond acceptors (Lipinski definition) is 1. The Labute approximate surface area is 114 Å². The number of aliphatic hydroxyl groups is 1. The average Bonchev–Trinajstić information content (AvgIpc) is 2.28. The van der Waals surface area contributed by atoms with Gasteiger partial charge in [0.1, 0.15) is 0 Å². The van der Waals surface area contributed by atoms with E-state index >= 15 is 0 Å². The Morgan fingerprint density at radius 1 is 1.12 bits per heavy atom. The molecule has 0 amide bonds. The highest BCUT2D eigenvalue weighted by Crippen LogP contribution is 2.34. The maximum Gasteiger partial charge on any atom is 0.0832 e. The van der Waals surface area contributed by atoms with Crippen molar-refractivity contribution in [1.82, 2.24) is 0 Å². The van der Waals surface area contributed by atoms with Gasteiger partial charge in [0, 0.05) is 10.0 Å². The maximum absolute atomic E-state index is 10.4. The van der Waals surface area contributed by atoms with Gasteiger partial charge < -0.3 is 5.11 Å². The van der Waals surface area contributed by atoms with E-state index < -0.39 is 6.10 Å². The topological polar surface area (TPSA) is 20.2 Å². The summed E-state index contributed by atoms with van der Waals surface area (Å²) in [7, 11) is 0. The first kappa shape index (κ1) is 14.8. The van der Waals surface area contributed by atoms with Crippen molar-refractivity contribution < 1.29 is 5.11 Å². The molecule has 0 aliphatic rings. The number of benzene rings is 1. The van der Waals surface area contributed by atoms with Crippen LogP contribution in [0.2, 0.25) is 10.0 Å². The summed E-state index contributed by atoms with van der Waals surface area (Å²) in [5.74, 6) is 0.281. The van der Waals surface area contributed by atoms with Crippen LogP contribution < -0.4 is 0 Å². The van der Waals surface area contributed by atoms with E-state index in [1.165, 1.54) is 0 Å². The van der Waals surface area contributed by atoms with Gasteiger partial charge >= 0.3 is 0 Å². The van der Waals surface area contributed by atoms with Crippen LogP contribution in [0.1, 0.15) is 51.2 Å². The number of rotatable bonds is 6. The molecule has 0 saturated carbocycles. The molecule has 0 aromatic heterocycles. The Kier molecular flexibility index (Phi) is 6.32. The lowest BCUT2D eigenvalue weighted by Crippen LogP contribution is -2.13. The van der Waals surface area contributed by atoms with Crippen LogP contribution in [0.4, 0.5) is 0 Å². The Bertz CT molecular complexity index is 346. The fraction of sp³-hybridized carbons (Fsp3) is 0.571. The van der Waals surface area contributed by atoms with Crippen LogP contribution in [-0.4, -0.2) is 5.11 Å². The molecule has 0 fully saturated rings. The minimum absolute atomic E-state index is 0.281. The van der Waals surface area contributed by atoms with E-state index in [0.717, 1.165) is 31.2 Å². The highest BCUT2D eigenvalue weighted by Gasteiger charge is 2.21. The van der Waals surface area contributed by atoms with E-state index in [2.05, 4.69) is 13.8 Å². The largest absolute Gasteiger partial charge is 0.388 e. The molecule has 3 heteroatoms. The maximum atomic E-state index is 10.4. The second-order valence-electron chi connectivity index (χ2n) is 4.45. The van der Waals surface area contributed by atoms with Gasteiger partial charge in [-0.25, -0.2) is 0 Å². The van der Waals surface area contributed by atoms with E-state index in [9.17, 15) is 5.11 Å². The molecule has 0 heterocycles. The predicted molar refractivity (Wildman–Crippen MR) is 74.7 cm³/mol. The van der Waals surface area contributed by atoms with E-state index in [0.29, 0.717) is 10.0 Å². The number of hydrogen-bond donors (Lipinski definition) is 1. The van der Waals surface area contributed by atoms with Crippen molar-refractivity contribution in [3.63, 3.8) is 0 Å². The molecule has 1 rings (SSSR count). The van der Waals surface area contributed by atoms with E-state index in [1.807, 2.05) is 6.07 Å². The van der Waals surface area contributed by atoms with E-state index in [1.54, 1.807) is 12.1 Å². The van der Waals surface area contributed by atoms with Crippen LogP contribution in [-0.2, 0) is 0 Å². The smallest absolute Gasteiger partial charge is 0.0832 e. The summed E-state index contributed by atoms with van der Waals surface area (Å²) >= 11 is 12.0. The minimum Gasteiger partial charge on any atom is -0.388 e. The lowest BCUT2D eigenvalue weighted by Gasteiger charge is -2.23. The molecule has 0 bridgehead atoms. The summed E-state index contributed by atoms with van der Waals surface area (Å²) in [6, 6.07) is 5.30. The summed E-state index contributed by atoms with van der Waals surface area (Å²) in [6.07, 6.45) is 3.71. The molecule has 1 aromatic rings. The summed E-state index contributed by atoms with van der Waals surface area (Å²) in [4.78, 5) is 0. The van der Waals surface area contributed by atoms with Crippen molar-refractivity contribution in [2.75, 3.05) is 0 Å². The molecule has 0 aliphatic heterocycles. The lowest BCUT2D eigenvalue weighted by molar-refractivity contribution is 0.0965. The monoisotopic (exact) mass is 274 g/mol. The van der Waals surface area contributed by atoms with Gasteiger partial charge in [0.25, 0.3) is 0 Å². The highest BCUT2D eigenvalue weighted by molar-refractivity contribution is 6.35. The molecule has 1 unspecified atom stereocenters. The highest BCUT2D eigenvalue weighted by atomic mass is 35.5. The van der Waals surface area contributed by atoms with Crippen molar-refractivity contribution in [3.8, 4) is 0 Å². The van der Waals surface area contributed by atoms with Gasteiger partial charge in [-0.15, -0.1) is 0 Å². The molecule has 96 valence electrons. The Morgan fingerprint density at radius 2 is 1.71 bits per heavy atom. The van der Waals surface area contributed by atoms with Crippen LogP contribution in [0.5, 0.6) is 0 Å². The van der Waals surface area contributed by atoms with Crippen LogP contribution in [0, 0.1) is 5.92 Å². The number of halogens is 2. The Balaban J connectivity index is 2.88. The second-order valence-corrected chi connectivity index (χ2v) is 5.29. The second kappa shape index (κ2) is 7.25. The van der Waals surface area contributed by atoms with Gasteiger partial charge in [-0.05, 0) is 36.5 Å². The summed E-state index contributed by atoms with van der Waals surface area (Å²) in [6.45, 7) is 4.28. The van der Waals surface area contributed by atoms with E-state index in [4.69, 9.17) is 23.2 Å². The van der Waals surface area contributed by atoms with Gasteiger partial charge in [0.2, 0.25) is 0 Å². The first-order valence-electron chi connectivity index (χ1n) is 6.23. The fourth-order valence-electron chi connectivity index (χ4n) is 2.20. The summed E-state index contributed by atoms with van der Waals surface area (Å²) in [5, 5.41) is 11.5. The zero-order valence-electron chi connectivity index (χ0n) is 10.4. The third-order valence-electron chi connectivity index (χ3n) is 3.05. The van der Waals surface area contributed by atoms with Gasteiger partial charge in [-0.1, -0.05) is 56.0 Å². The first-order chi connectivity index (χ1) is 8.10. The van der Waals surface area contributed by atoms with Gasteiger partial charge in [-0.3, -0.25) is 0 Å². The van der Waals surface area contributed by atoms with Crippen LogP contribution in [0.3, 0.4) is 0 Å². The van der Waals surface area contributed by atoms with Crippen molar-refractivity contribution in [2.45, 2.75) is 45.6 Å². The van der Waals surface area contributed by atoms with Gasteiger partial charge in [0.05, 0.1) is 6.10 Å². The Hall–Kier alpha value is -0.240. The van der Waals surface area contributed by atoms with E-state index in [-0.39, 0.29) is 5.92 Å². The summed E-state index contributed by atoms with van der Waals surface area (Å²) < 4.78 is 0. The standard InChI is InChI=1S/C14H20Cl2O/c1-3-5-10(6-4-2)14(17)12-8-7-11(15)9-13(12)16/h7-10,14,17H,3-6H2,1-2H3.